The highest BCUT2D eigenvalue weighted by Crippen LogP contribution is 2.00. The summed E-state index contributed by atoms with van der Waals surface area (Å²) in [5.41, 5.74) is 0. The molecule has 1 atom stereocenters. The van der Waals surface area contributed by atoms with E-state index in [1.54, 1.807) is 6.08 Å². The first-order valence-electron chi connectivity index (χ1n) is 3.08. The molecular weight excluding hydrogens is 116 g/mol. The van der Waals surface area contributed by atoms with E-state index in [0.717, 1.165) is 6.42 Å². The minimum Gasteiger partial charge on any atom is -0.478 e. The van der Waals surface area contributed by atoms with Crippen LogP contribution in [0.3, 0.4) is 0 Å². The van der Waals surface area contributed by atoms with Crippen molar-refractivity contribution in [3.8, 4) is 0 Å². The maximum Gasteiger partial charge on any atom is 0.327 e. The van der Waals surface area contributed by atoms with E-state index in [1.807, 2.05) is 13.8 Å². The second kappa shape index (κ2) is 4.13. The molecule has 0 saturated heterocycles. The predicted molar refractivity (Wildman–Crippen MR) is 36.2 cm³/mol. The first-order chi connectivity index (χ1) is 4.16. The van der Waals surface area contributed by atoms with Gasteiger partial charge in [-0.05, 0) is 5.92 Å². The SMILES string of the molecule is CC[C@@H](C)/C=C/C(=O)O. The molecule has 0 aromatic rings. The molecule has 1 N–H and O–H groups in total. The molecule has 0 aliphatic carbocycles. The van der Waals surface area contributed by atoms with Crippen LogP contribution in [0.1, 0.15) is 20.3 Å². The fourth-order valence-corrected chi connectivity index (χ4v) is 0.383. The van der Waals surface area contributed by atoms with Gasteiger partial charge in [-0.3, -0.25) is 0 Å². The van der Waals surface area contributed by atoms with E-state index in [-0.39, 0.29) is 0 Å². The number of carboxylic acid groups (broad SMARTS) is 1. The highest BCUT2D eigenvalue weighted by molar-refractivity contribution is 5.79. The molecule has 0 bridgehead atoms. The normalized spacial score (nSPS) is 14.0. The smallest absolute Gasteiger partial charge is 0.327 e. The lowest BCUT2D eigenvalue weighted by atomic mass is 10.1. The molecule has 0 amide bonds. The van der Waals surface area contributed by atoms with Gasteiger partial charge in [0.1, 0.15) is 0 Å². The van der Waals surface area contributed by atoms with Gasteiger partial charge >= 0.3 is 5.97 Å². The maximum atomic E-state index is 9.93. The van der Waals surface area contributed by atoms with Crippen molar-refractivity contribution in [1.82, 2.24) is 0 Å². The van der Waals surface area contributed by atoms with Gasteiger partial charge in [0.05, 0.1) is 0 Å². The summed E-state index contributed by atoms with van der Waals surface area (Å²) in [4.78, 5) is 9.93. The Morgan fingerprint density at radius 2 is 2.33 bits per heavy atom. The van der Waals surface area contributed by atoms with Gasteiger partial charge in [-0.2, -0.15) is 0 Å². The number of allylic oxidation sites excluding steroid dienone is 1. The zero-order valence-electron chi connectivity index (χ0n) is 5.79. The fraction of sp³-hybridized carbons (Fsp3) is 0.571. The average molecular weight is 128 g/mol. The van der Waals surface area contributed by atoms with E-state index in [9.17, 15) is 4.79 Å². The van der Waals surface area contributed by atoms with Gasteiger partial charge in [-0.15, -0.1) is 0 Å². The summed E-state index contributed by atoms with van der Waals surface area (Å²) in [6, 6.07) is 0. The van der Waals surface area contributed by atoms with Crippen LogP contribution in [-0.4, -0.2) is 11.1 Å². The number of carboxylic acids is 1. The molecule has 0 rings (SSSR count). The number of rotatable bonds is 3. The van der Waals surface area contributed by atoms with Crippen LogP contribution >= 0.6 is 0 Å². The lowest BCUT2D eigenvalue weighted by Gasteiger charge is -1.96. The Morgan fingerprint density at radius 3 is 2.67 bits per heavy atom. The lowest BCUT2D eigenvalue weighted by molar-refractivity contribution is -0.131. The van der Waals surface area contributed by atoms with E-state index < -0.39 is 5.97 Å². The third-order valence-electron chi connectivity index (χ3n) is 1.21. The summed E-state index contributed by atoms with van der Waals surface area (Å²) in [7, 11) is 0. The van der Waals surface area contributed by atoms with Gasteiger partial charge in [0.25, 0.3) is 0 Å². The van der Waals surface area contributed by atoms with Gasteiger partial charge in [0.15, 0.2) is 0 Å². The maximum absolute atomic E-state index is 9.93. The summed E-state index contributed by atoms with van der Waals surface area (Å²) >= 11 is 0. The van der Waals surface area contributed by atoms with Crippen molar-refractivity contribution in [3.05, 3.63) is 12.2 Å². The van der Waals surface area contributed by atoms with E-state index >= 15 is 0 Å². The Bertz CT molecular complexity index is 116. The molecule has 2 nitrogen and oxygen atoms in total. The third-order valence-corrected chi connectivity index (χ3v) is 1.21. The topological polar surface area (TPSA) is 37.3 Å². The Kier molecular flexibility index (Phi) is 3.76. The van der Waals surface area contributed by atoms with Crippen LogP contribution in [0.2, 0.25) is 0 Å². The van der Waals surface area contributed by atoms with Crippen molar-refractivity contribution in [2.75, 3.05) is 0 Å². The van der Waals surface area contributed by atoms with Gasteiger partial charge in [-0.25, -0.2) is 4.79 Å². The van der Waals surface area contributed by atoms with Crippen LogP contribution in [0, 0.1) is 5.92 Å². The van der Waals surface area contributed by atoms with E-state index in [1.165, 1.54) is 6.08 Å². The minimum atomic E-state index is -0.865. The van der Waals surface area contributed by atoms with Gasteiger partial charge in [0.2, 0.25) is 0 Å². The molecule has 0 spiro atoms. The van der Waals surface area contributed by atoms with Crippen molar-refractivity contribution in [1.29, 1.82) is 0 Å². The third kappa shape index (κ3) is 5.07. The molecule has 0 radical (unpaired) electrons. The lowest BCUT2D eigenvalue weighted by Crippen LogP contribution is -1.90. The predicted octanol–water partition coefficient (Wildman–Crippen LogP) is 1.67. The first-order valence-corrected chi connectivity index (χ1v) is 3.08. The molecule has 9 heavy (non-hydrogen) atoms. The molecule has 0 saturated carbocycles. The molecule has 2 heteroatoms. The Labute approximate surface area is 55.2 Å². The molecule has 0 unspecified atom stereocenters. The van der Waals surface area contributed by atoms with Crippen LogP contribution < -0.4 is 0 Å². The second-order valence-electron chi connectivity index (χ2n) is 2.08. The number of hydrogen-bond donors (Lipinski definition) is 1. The molecule has 0 aromatic heterocycles. The van der Waals surface area contributed by atoms with Gasteiger partial charge in [-0.1, -0.05) is 26.3 Å². The first kappa shape index (κ1) is 8.21. The van der Waals surface area contributed by atoms with Crippen LogP contribution in [0.4, 0.5) is 0 Å². The van der Waals surface area contributed by atoms with Crippen molar-refractivity contribution in [2.24, 2.45) is 5.92 Å². The second-order valence-corrected chi connectivity index (χ2v) is 2.08. The van der Waals surface area contributed by atoms with Crippen molar-refractivity contribution < 1.29 is 9.90 Å². The highest BCUT2D eigenvalue weighted by atomic mass is 16.4. The van der Waals surface area contributed by atoms with E-state index in [0.29, 0.717) is 5.92 Å². The number of aliphatic carboxylic acids is 1. The largest absolute Gasteiger partial charge is 0.478 e. The van der Waals surface area contributed by atoms with Crippen LogP contribution in [0.5, 0.6) is 0 Å². The summed E-state index contributed by atoms with van der Waals surface area (Å²) < 4.78 is 0. The standard InChI is InChI=1S/C7H12O2/c1-3-6(2)4-5-7(8)9/h4-6H,3H2,1-2H3,(H,8,9)/b5-4+/t6-/m1/s1. The Hall–Kier alpha value is -0.790. The molecule has 52 valence electrons. The summed E-state index contributed by atoms with van der Waals surface area (Å²) in [6.45, 7) is 4.01. The minimum absolute atomic E-state index is 0.376. The van der Waals surface area contributed by atoms with Gasteiger partial charge < -0.3 is 5.11 Å². The quantitative estimate of drug-likeness (QED) is 0.587. The van der Waals surface area contributed by atoms with Crippen molar-refractivity contribution in [2.45, 2.75) is 20.3 Å². The monoisotopic (exact) mass is 128 g/mol. The average Bonchev–Trinajstić information content (AvgIpc) is 1.83. The summed E-state index contributed by atoms with van der Waals surface area (Å²) in [6.07, 6.45) is 3.88. The van der Waals surface area contributed by atoms with Crippen LogP contribution in [0.25, 0.3) is 0 Å². The highest BCUT2D eigenvalue weighted by Gasteiger charge is 1.91. The fourth-order valence-electron chi connectivity index (χ4n) is 0.383. The number of hydrogen-bond acceptors (Lipinski definition) is 1. The molecular formula is C7H12O2. The zero-order chi connectivity index (χ0) is 7.28. The molecule has 0 fully saturated rings. The molecule has 0 aliphatic heterocycles. The van der Waals surface area contributed by atoms with E-state index in [4.69, 9.17) is 5.11 Å². The van der Waals surface area contributed by atoms with Crippen molar-refractivity contribution in [3.63, 3.8) is 0 Å². The summed E-state index contributed by atoms with van der Waals surface area (Å²) in [5.74, 6) is -0.489. The zero-order valence-corrected chi connectivity index (χ0v) is 5.79. The molecule has 0 heterocycles. The Morgan fingerprint density at radius 1 is 1.78 bits per heavy atom. The van der Waals surface area contributed by atoms with Crippen LogP contribution in [0.15, 0.2) is 12.2 Å². The number of carbonyl (C=O) groups is 1. The Balaban J connectivity index is 3.56. The van der Waals surface area contributed by atoms with Crippen molar-refractivity contribution >= 4 is 5.97 Å². The molecule has 0 aromatic carbocycles. The molecule has 0 aliphatic rings. The summed E-state index contributed by atoms with van der Waals surface area (Å²) in [5, 5.41) is 8.17. The van der Waals surface area contributed by atoms with E-state index in [2.05, 4.69) is 0 Å². The van der Waals surface area contributed by atoms with Gasteiger partial charge in [0, 0.05) is 6.08 Å². The van der Waals surface area contributed by atoms with Crippen LogP contribution in [-0.2, 0) is 4.79 Å².